The Kier molecular flexibility index (Phi) is 4.36. The van der Waals surface area contributed by atoms with E-state index in [-0.39, 0.29) is 10.9 Å². The predicted molar refractivity (Wildman–Crippen MR) is 78.7 cm³/mol. The molecule has 112 valence electrons. The normalized spacial score (nSPS) is 19.6. The lowest BCUT2D eigenvalue weighted by Gasteiger charge is -2.25. The molecule has 0 saturated carbocycles. The third kappa shape index (κ3) is 2.68. The predicted octanol–water partition coefficient (Wildman–Crippen LogP) is 1.29. The molecule has 0 aromatic heterocycles. The maximum absolute atomic E-state index is 12.8. The van der Waals surface area contributed by atoms with Gasteiger partial charge in [0.1, 0.15) is 10.6 Å². The number of ether oxygens (including phenoxy) is 1. The molecule has 1 saturated heterocycles. The molecular weight excluding hydrogens is 276 g/mol. The van der Waals surface area contributed by atoms with E-state index in [2.05, 4.69) is 5.32 Å². The number of likely N-dealkylation sites (N-methyl/N-ethyl adjacent to an activating group) is 1. The lowest BCUT2D eigenvalue weighted by atomic mass is 10.1. The van der Waals surface area contributed by atoms with Gasteiger partial charge in [0, 0.05) is 19.6 Å². The standard InChI is InChI=1S/C14H22N2O3S/c1-10-7-11(2)14(13(8-10)19-4)20(17,18)16(3)12-5-6-15-9-12/h7-8,12,15H,5-6,9H2,1-4H3. The molecule has 1 fully saturated rings. The van der Waals surface area contributed by atoms with Crippen LogP contribution in [0, 0.1) is 13.8 Å². The summed E-state index contributed by atoms with van der Waals surface area (Å²) in [6, 6.07) is 3.64. The summed E-state index contributed by atoms with van der Waals surface area (Å²) in [5, 5.41) is 3.19. The zero-order valence-corrected chi connectivity index (χ0v) is 13.3. The second-order valence-corrected chi connectivity index (χ2v) is 7.22. The van der Waals surface area contributed by atoms with Crippen molar-refractivity contribution >= 4 is 10.0 Å². The lowest BCUT2D eigenvalue weighted by Crippen LogP contribution is -2.38. The molecule has 0 amide bonds. The third-order valence-corrected chi connectivity index (χ3v) is 5.89. The fourth-order valence-electron chi connectivity index (χ4n) is 2.69. The van der Waals surface area contributed by atoms with Gasteiger partial charge in [-0.05, 0) is 44.0 Å². The van der Waals surface area contributed by atoms with E-state index in [1.807, 2.05) is 19.9 Å². The van der Waals surface area contributed by atoms with Gasteiger partial charge in [0.05, 0.1) is 7.11 Å². The van der Waals surface area contributed by atoms with Crippen LogP contribution in [0.15, 0.2) is 17.0 Å². The van der Waals surface area contributed by atoms with Gasteiger partial charge in [-0.15, -0.1) is 0 Å². The Hall–Kier alpha value is -1.11. The van der Waals surface area contributed by atoms with Crippen LogP contribution in [0.4, 0.5) is 0 Å². The molecule has 0 radical (unpaired) electrons. The van der Waals surface area contributed by atoms with E-state index in [0.29, 0.717) is 12.3 Å². The number of hydrogen-bond acceptors (Lipinski definition) is 4. The average molecular weight is 298 g/mol. The molecule has 1 heterocycles. The summed E-state index contributed by atoms with van der Waals surface area (Å²) in [6.07, 6.45) is 0.836. The Morgan fingerprint density at radius 1 is 1.35 bits per heavy atom. The van der Waals surface area contributed by atoms with Crippen LogP contribution in [-0.4, -0.2) is 46.0 Å². The zero-order chi connectivity index (χ0) is 14.9. The van der Waals surface area contributed by atoms with E-state index in [4.69, 9.17) is 4.74 Å². The Labute approximate surface area is 121 Å². The number of rotatable bonds is 4. The van der Waals surface area contributed by atoms with Crippen molar-refractivity contribution in [3.05, 3.63) is 23.3 Å². The highest BCUT2D eigenvalue weighted by molar-refractivity contribution is 7.89. The smallest absolute Gasteiger partial charge is 0.247 e. The highest BCUT2D eigenvalue weighted by Gasteiger charge is 2.33. The first kappa shape index (κ1) is 15.3. The van der Waals surface area contributed by atoms with E-state index < -0.39 is 10.0 Å². The zero-order valence-electron chi connectivity index (χ0n) is 12.4. The van der Waals surface area contributed by atoms with Crippen LogP contribution in [0.25, 0.3) is 0 Å². The molecule has 1 atom stereocenters. The number of nitrogens with one attached hydrogen (secondary N) is 1. The fraction of sp³-hybridized carbons (Fsp3) is 0.571. The van der Waals surface area contributed by atoms with Crippen LogP contribution >= 0.6 is 0 Å². The highest BCUT2D eigenvalue weighted by Crippen LogP contribution is 2.32. The van der Waals surface area contributed by atoms with E-state index in [1.165, 1.54) is 11.4 Å². The van der Waals surface area contributed by atoms with Crippen molar-refractivity contribution in [1.82, 2.24) is 9.62 Å². The minimum atomic E-state index is -3.54. The van der Waals surface area contributed by atoms with Crippen molar-refractivity contribution in [3.63, 3.8) is 0 Å². The number of hydrogen-bond donors (Lipinski definition) is 1. The summed E-state index contributed by atoms with van der Waals surface area (Å²) in [5.74, 6) is 0.417. The number of nitrogens with zero attached hydrogens (tertiary/aromatic N) is 1. The maximum Gasteiger partial charge on any atom is 0.247 e. The van der Waals surface area contributed by atoms with E-state index in [1.54, 1.807) is 13.1 Å². The van der Waals surface area contributed by atoms with Crippen LogP contribution in [0.5, 0.6) is 5.75 Å². The van der Waals surface area contributed by atoms with Gasteiger partial charge in [0.15, 0.2) is 0 Å². The quantitative estimate of drug-likeness (QED) is 0.910. The first-order chi connectivity index (χ1) is 9.37. The summed E-state index contributed by atoms with van der Waals surface area (Å²) in [4.78, 5) is 0.278. The second-order valence-electron chi connectivity index (χ2n) is 5.28. The lowest BCUT2D eigenvalue weighted by molar-refractivity contribution is 0.375. The van der Waals surface area contributed by atoms with Crippen LogP contribution in [-0.2, 0) is 10.0 Å². The van der Waals surface area contributed by atoms with E-state index >= 15 is 0 Å². The molecule has 0 aliphatic carbocycles. The summed E-state index contributed by atoms with van der Waals surface area (Å²) >= 11 is 0. The van der Waals surface area contributed by atoms with Crippen molar-refractivity contribution in [2.45, 2.75) is 31.2 Å². The molecule has 0 spiro atoms. The van der Waals surface area contributed by atoms with Crippen molar-refractivity contribution in [1.29, 1.82) is 0 Å². The van der Waals surface area contributed by atoms with Crippen LogP contribution < -0.4 is 10.1 Å². The number of sulfonamides is 1. The molecule has 1 aliphatic rings. The van der Waals surface area contributed by atoms with Gasteiger partial charge in [-0.2, -0.15) is 4.31 Å². The minimum absolute atomic E-state index is 0.00501. The summed E-state index contributed by atoms with van der Waals surface area (Å²) < 4.78 is 32.4. The van der Waals surface area contributed by atoms with Gasteiger partial charge in [-0.25, -0.2) is 8.42 Å². The molecule has 1 N–H and O–H groups in total. The first-order valence-electron chi connectivity index (χ1n) is 6.72. The molecule has 2 rings (SSSR count). The van der Waals surface area contributed by atoms with Gasteiger partial charge < -0.3 is 10.1 Å². The van der Waals surface area contributed by atoms with Crippen molar-refractivity contribution in [2.24, 2.45) is 0 Å². The Morgan fingerprint density at radius 2 is 2.05 bits per heavy atom. The molecule has 5 nitrogen and oxygen atoms in total. The van der Waals surface area contributed by atoms with Crippen LogP contribution in [0.1, 0.15) is 17.5 Å². The van der Waals surface area contributed by atoms with Crippen LogP contribution in [0.3, 0.4) is 0 Å². The van der Waals surface area contributed by atoms with Crippen molar-refractivity contribution < 1.29 is 13.2 Å². The minimum Gasteiger partial charge on any atom is -0.495 e. The number of methoxy groups -OCH3 is 1. The Morgan fingerprint density at radius 3 is 2.60 bits per heavy atom. The molecule has 0 bridgehead atoms. The van der Waals surface area contributed by atoms with E-state index in [9.17, 15) is 8.42 Å². The molecular formula is C14H22N2O3S. The number of benzene rings is 1. The SMILES string of the molecule is COc1cc(C)cc(C)c1S(=O)(=O)N(C)C1CCNC1. The molecule has 1 aliphatic heterocycles. The monoisotopic (exact) mass is 298 g/mol. The summed E-state index contributed by atoms with van der Waals surface area (Å²) in [5.41, 5.74) is 1.71. The largest absolute Gasteiger partial charge is 0.495 e. The highest BCUT2D eigenvalue weighted by atomic mass is 32.2. The van der Waals surface area contributed by atoms with Gasteiger partial charge in [-0.3, -0.25) is 0 Å². The van der Waals surface area contributed by atoms with Crippen molar-refractivity contribution in [3.8, 4) is 5.75 Å². The summed E-state index contributed by atoms with van der Waals surface area (Å²) in [6.45, 7) is 5.29. The molecule has 1 aromatic rings. The first-order valence-corrected chi connectivity index (χ1v) is 8.16. The molecule has 20 heavy (non-hydrogen) atoms. The van der Waals surface area contributed by atoms with Crippen LogP contribution in [0.2, 0.25) is 0 Å². The molecule has 6 heteroatoms. The topological polar surface area (TPSA) is 58.6 Å². The third-order valence-electron chi connectivity index (χ3n) is 3.79. The molecule has 1 aromatic carbocycles. The Bertz CT molecular complexity index is 593. The van der Waals surface area contributed by atoms with Gasteiger partial charge in [-0.1, -0.05) is 6.07 Å². The van der Waals surface area contributed by atoms with Crippen molar-refractivity contribution in [2.75, 3.05) is 27.2 Å². The number of aryl methyl sites for hydroxylation is 2. The van der Waals surface area contributed by atoms with Gasteiger partial charge in [0.25, 0.3) is 0 Å². The average Bonchev–Trinajstić information content (AvgIpc) is 2.89. The maximum atomic E-state index is 12.8. The van der Waals surface area contributed by atoms with Gasteiger partial charge in [0.2, 0.25) is 10.0 Å². The summed E-state index contributed by atoms with van der Waals surface area (Å²) in [7, 11) is -0.395. The Balaban J connectivity index is 2.48. The van der Waals surface area contributed by atoms with E-state index in [0.717, 1.165) is 24.1 Å². The molecule has 1 unspecified atom stereocenters. The van der Waals surface area contributed by atoms with Gasteiger partial charge >= 0.3 is 0 Å². The second kappa shape index (κ2) is 5.71. The fourth-order valence-corrected chi connectivity index (χ4v) is 4.41.